The molecule has 118 valence electrons. The maximum Gasteiger partial charge on any atom is 0.338 e. The van der Waals surface area contributed by atoms with Crippen molar-refractivity contribution in [3.05, 3.63) is 29.1 Å². The van der Waals surface area contributed by atoms with Crippen molar-refractivity contribution >= 4 is 16.0 Å². The number of carbonyl (C=O) groups excluding carboxylic acids is 1. The minimum Gasteiger partial charge on any atom is -0.462 e. The summed E-state index contributed by atoms with van der Waals surface area (Å²) in [6.07, 6.45) is 0.634. The first kappa shape index (κ1) is 17.6. The molecule has 0 saturated carbocycles. The number of sulfonamides is 1. The number of hydrogen-bond acceptors (Lipinski definition) is 4. The lowest BCUT2D eigenvalue weighted by molar-refractivity contribution is 0.0464. The first-order valence-electron chi connectivity index (χ1n) is 6.42. The van der Waals surface area contributed by atoms with E-state index in [0.29, 0.717) is 6.42 Å². The third-order valence-corrected chi connectivity index (χ3v) is 3.96. The molecule has 7 heteroatoms. The van der Waals surface area contributed by atoms with Crippen LogP contribution in [0.2, 0.25) is 0 Å². The molecule has 2 N–H and O–H groups in total. The van der Waals surface area contributed by atoms with Crippen LogP contribution in [0.4, 0.5) is 4.39 Å². The molecule has 0 heterocycles. The van der Waals surface area contributed by atoms with E-state index in [0.717, 1.165) is 12.1 Å². The summed E-state index contributed by atoms with van der Waals surface area (Å²) in [5.74, 6) is -1.59. The van der Waals surface area contributed by atoms with Crippen LogP contribution in [0.3, 0.4) is 0 Å². The molecule has 0 bridgehead atoms. The maximum absolute atomic E-state index is 13.7. The Morgan fingerprint density at radius 2 is 1.90 bits per heavy atom. The molecule has 0 radical (unpaired) electrons. The molecule has 21 heavy (non-hydrogen) atoms. The highest BCUT2D eigenvalue weighted by molar-refractivity contribution is 7.89. The third kappa shape index (κ3) is 5.09. The summed E-state index contributed by atoms with van der Waals surface area (Å²) in [7, 11) is -4.10. The van der Waals surface area contributed by atoms with Gasteiger partial charge in [0.05, 0.1) is 17.1 Å². The van der Waals surface area contributed by atoms with Crippen molar-refractivity contribution in [2.45, 2.75) is 39.0 Å². The summed E-state index contributed by atoms with van der Waals surface area (Å²) in [4.78, 5) is 11.4. The first-order chi connectivity index (χ1) is 9.42. The molecule has 0 aliphatic rings. The van der Waals surface area contributed by atoms with Crippen molar-refractivity contribution < 1.29 is 22.3 Å². The highest BCUT2D eigenvalue weighted by Gasteiger charge is 2.20. The van der Waals surface area contributed by atoms with E-state index in [9.17, 15) is 17.6 Å². The van der Waals surface area contributed by atoms with Crippen LogP contribution in [0, 0.1) is 18.2 Å². The second-order valence-electron chi connectivity index (χ2n) is 6.07. The van der Waals surface area contributed by atoms with Gasteiger partial charge in [0.2, 0.25) is 10.0 Å². The fourth-order valence-corrected chi connectivity index (χ4v) is 2.42. The number of benzene rings is 1. The molecule has 0 aromatic heterocycles. The summed E-state index contributed by atoms with van der Waals surface area (Å²) < 4.78 is 41.5. The molecule has 1 aromatic carbocycles. The van der Waals surface area contributed by atoms with Gasteiger partial charge < -0.3 is 4.74 Å². The lowest BCUT2D eigenvalue weighted by Gasteiger charge is -2.17. The molecule has 5 nitrogen and oxygen atoms in total. The SMILES string of the molecule is Cc1c(F)cc(C(=O)OCCC(C)(C)C)cc1S(N)(=O)=O. The van der Waals surface area contributed by atoms with E-state index in [4.69, 9.17) is 9.88 Å². The summed E-state index contributed by atoms with van der Waals surface area (Å²) >= 11 is 0. The molecule has 0 saturated heterocycles. The number of primary sulfonamides is 1. The van der Waals surface area contributed by atoms with Crippen LogP contribution >= 0.6 is 0 Å². The molecular formula is C14H20FNO4S. The Morgan fingerprint density at radius 1 is 1.33 bits per heavy atom. The van der Waals surface area contributed by atoms with Crippen molar-refractivity contribution in [3.8, 4) is 0 Å². The van der Waals surface area contributed by atoms with Gasteiger partial charge in [0.1, 0.15) is 5.82 Å². The molecule has 1 rings (SSSR count). The second kappa shape index (κ2) is 6.11. The van der Waals surface area contributed by atoms with Crippen molar-refractivity contribution in [1.29, 1.82) is 0 Å². The zero-order chi connectivity index (χ0) is 16.4. The van der Waals surface area contributed by atoms with Gasteiger partial charge in [-0.25, -0.2) is 22.7 Å². The van der Waals surface area contributed by atoms with Crippen molar-refractivity contribution in [1.82, 2.24) is 0 Å². The number of rotatable bonds is 4. The smallest absolute Gasteiger partial charge is 0.338 e. The Kier molecular flexibility index (Phi) is 5.11. The van der Waals surface area contributed by atoms with Crippen LogP contribution in [-0.4, -0.2) is 21.0 Å². The van der Waals surface area contributed by atoms with Crippen LogP contribution in [0.25, 0.3) is 0 Å². The molecule has 0 unspecified atom stereocenters. The Balaban J connectivity index is 2.99. The predicted octanol–water partition coefficient (Wildman–Crippen LogP) is 2.37. The minimum atomic E-state index is -4.10. The largest absolute Gasteiger partial charge is 0.462 e. The molecule has 0 fully saturated rings. The Morgan fingerprint density at radius 3 is 2.38 bits per heavy atom. The van der Waals surface area contributed by atoms with Gasteiger partial charge in [0, 0.05) is 5.56 Å². The van der Waals surface area contributed by atoms with Crippen LogP contribution in [0.5, 0.6) is 0 Å². The number of carbonyl (C=O) groups is 1. The second-order valence-corrected chi connectivity index (χ2v) is 7.60. The molecule has 0 amide bonds. The highest BCUT2D eigenvalue weighted by Crippen LogP contribution is 2.21. The van der Waals surface area contributed by atoms with Gasteiger partial charge in [-0.3, -0.25) is 0 Å². The van der Waals surface area contributed by atoms with Gasteiger partial charge >= 0.3 is 5.97 Å². The van der Waals surface area contributed by atoms with Gasteiger partial charge in [-0.05, 0) is 30.9 Å². The molecule has 0 spiro atoms. The average molecular weight is 317 g/mol. The van der Waals surface area contributed by atoms with E-state index in [-0.39, 0.29) is 23.1 Å². The number of halogens is 1. The Hall–Kier alpha value is -1.47. The van der Waals surface area contributed by atoms with E-state index < -0.39 is 26.7 Å². The van der Waals surface area contributed by atoms with Crippen LogP contribution < -0.4 is 5.14 Å². The van der Waals surface area contributed by atoms with E-state index in [1.807, 2.05) is 20.8 Å². The molecular weight excluding hydrogens is 297 g/mol. The van der Waals surface area contributed by atoms with Gasteiger partial charge in [-0.2, -0.15) is 0 Å². The van der Waals surface area contributed by atoms with Gasteiger partial charge in [0.15, 0.2) is 0 Å². The van der Waals surface area contributed by atoms with E-state index in [1.54, 1.807) is 0 Å². The number of hydrogen-bond donors (Lipinski definition) is 1. The van der Waals surface area contributed by atoms with Gasteiger partial charge in [-0.15, -0.1) is 0 Å². The van der Waals surface area contributed by atoms with E-state index in [1.165, 1.54) is 6.92 Å². The highest BCUT2D eigenvalue weighted by atomic mass is 32.2. The van der Waals surface area contributed by atoms with Crippen molar-refractivity contribution in [2.24, 2.45) is 10.6 Å². The standard InChI is InChI=1S/C14H20FNO4S/c1-9-11(15)7-10(8-12(9)21(16,18)19)13(17)20-6-5-14(2,3)4/h7-8H,5-6H2,1-4H3,(H2,16,18,19). The topological polar surface area (TPSA) is 86.5 Å². The van der Waals surface area contributed by atoms with Crippen molar-refractivity contribution in [2.75, 3.05) is 6.61 Å². The molecule has 0 aliphatic heterocycles. The third-order valence-electron chi connectivity index (χ3n) is 2.92. The monoisotopic (exact) mass is 317 g/mol. The van der Waals surface area contributed by atoms with Gasteiger partial charge in [-0.1, -0.05) is 20.8 Å². The fraction of sp³-hybridized carbons (Fsp3) is 0.500. The average Bonchev–Trinajstić information content (AvgIpc) is 2.29. The Labute approximate surface area is 124 Å². The summed E-state index contributed by atoms with van der Waals surface area (Å²) in [6, 6.07) is 1.98. The lowest BCUT2D eigenvalue weighted by Crippen LogP contribution is -2.17. The van der Waals surface area contributed by atoms with Crippen LogP contribution in [0.1, 0.15) is 43.1 Å². The zero-order valence-corrected chi connectivity index (χ0v) is 13.4. The van der Waals surface area contributed by atoms with Crippen LogP contribution in [-0.2, 0) is 14.8 Å². The van der Waals surface area contributed by atoms with Crippen molar-refractivity contribution in [3.63, 3.8) is 0 Å². The van der Waals surface area contributed by atoms with E-state index >= 15 is 0 Å². The number of esters is 1. The quantitative estimate of drug-likeness (QED) is 0.864. The summed E-state index contributed by atoms with van der Waals surface area (Å²) in [6.45, 7) is 7.43. The predicted molar refractivity (Wildman–Crippen MR) is 76.9 cm³/mol. The Bertz CT molecular complexity index is 648. The van der Waals surface area contributed by atoms with Crippen LogP contribution in [0.15, 0.2) is 17.0 Å². The van der Waals surface area contributed by atoms with E-state index in [2.05, 4.69) is 0 Å². The van der Waals surface area contributed by atoms with Gasteiger partial charge in [0.25, 0.3) is 0 Å². The number of ether oxygens (including phenoxy) is 1. The normalized spacial score (nSPS) is 12.3. The maximum atomic E-state index is 13.7. The molecule has 0 atom stereocenters. The number of nitrogens with two attached hydrogens (primary N) is 1. The molecule has 1 aromatic rings. The molecule has 0 aliphatic carbocycles. The fourth-order valence-electron chi connectivity index (χ4n) is 1.60. The summed E-state index contributed by atoms with van der Waals surface area (Å²) in [5.41, 5.74) is -0.301. The zero-order valence-electron chi connectivity index (χ0n) is 12.6. The minimum absolute atomic E-state index is 0.00936. The summed E-state index contributed by atoms with van der Waals surface area (Å²) in [5, 5.41) is 5.01. The lowest BCUT2D eigenvalue weighted by atomic mass is 9.93. The first-order valence-corrected chi connectivity index (χ1v) is 7.96.